The highest BCUT2D eigenvalue weighted by molar-refractivity contribution is 5.95. The Hall–Kier alpha value is -3.70. The number of carbonyl (C=O) groups excluding carboxylic acids is 1. The summed E-state index contributed by atoms with van der Waals surface area (Å²) in [5.41, 5.74) is 1.30. The first-order valence-corrected chi connectivity index (χ1v) is 11.0. The predicted molar refractivity (Wildman–Crippen MR) is 119 cm³/mol. The lowest BCUT2D eigenvalue weighted by atomic mass is 10.1. The third-order valence-electron chi connectivity index (χ3n) is 6.18. The van der Waals surface area contributed by atoms with Crippen LogP contribution in [0.2, 0.25) is 0 Å². The van der Waals surface area contributed by atoms with Gasteiger partial charge in [-0.1, -0.05) is 6.07 Å². The molecule has 2 N–H and O–H groups in total. The topological polar surface area (TPSA) is 102 Å². The number of alkyl halides is 3. The smallest absolute Gasteiger partial charge is 0.354 e. The third-order valence-corrected chi connectivity index (χ3v) is 6.18. The number of hydrogen-bond donors (Lipinski definition) is 2. The first-order chi connectivity index (χ1) is 16.1. The van der Waals surface area contributed by atoms with Crippen molar-refractivity contribution in [2.24, 2.45) is 7.05 Å². The van der Waals surface area contributed by atoms with E-state index < -0.39 is 17.8 Å². The van der Waals surface area contributed by atoms with Crippen LogP contribution >= 0.6 is 0 Å². The Labute approximate surface area is 192 Å². The zero-order valence-corrected chi connectivity index (χ0v) is 18.9. The number of anilines is 1. The quantitative estimate of drug-likeness (QED) is 0.474. The molecule has 178 valence electrons. The van der Waals surface area contributed by atoms with Crippen LogP contribution in [0.5, 0.6) is 0 Å². The van der Waals surface area contributed by atoms with Gasteiger partial charge in [0.05, 0.1) is 22.3 Å². The summed E-state index contributed by atoms with van der Waals surface area (Å²) in [6.07, 6.45) is -2.47. The van der Waals surface area contributed by atoms with E-state index in [-0.39, 0.29) is 28.4 Å². The van der Waals surface area contributed by atoms with Crippen LogP contribution in [0.25, 0.3) is 27.9 Å². The van der Waals surface area contributed by atoms with Gasteiger partial charge >= 0.3 is 6.18 Å². The van der Waals surface area contributed by atoms with Crippen LogP contribution in [-0.4, -0.2) is 47.9 Å². The van der Waals surface area contributed by atoms with Crippen molar-refractivity contribution in [1.29, 1.82) is 0 Å². The second-order valence-electron chi connectivity index (χ2n) is 8.46. The van der Waals surface area contributed by atoms with Crippen LogP contribution < -0.4 is 10.6 Å². The van der Waals surface area contributed by atoms with Gasteiger partial charge < -0.3 is 10.6 Å². The van der Waals surface area contributed by atoms with E-state index in [1.54, 1.807) is 11.7 Å². The van der Waals surface area contributed by atoms with Crippen molar-refractivity contribution in [1.82, 2.24) is 34.7 Å². The van der Waals surface area contributed by atoms with Crippen LogP contribution in [0.3, 0.4) is 0 Å². The summed E-state index contributed by atoms with van der Waals surface area (Å²) in [6.45, 7) is 4.25. The molecule has 0 spiro atoms. The van der Waals surface area contributed by atoms with Crippen LogP contribution in [0.15, 0.2) is 18.2 Å². The van der Waals surface area contributed by atoms with E-state index in [0.717, 1.165) is 24.6 Å². The molecule has 1 aromatic carbocycles. The summed E-state index contributed by atoms with van der Waals surface area (Å²) in [7, 11) is 1.80. The van der Waals surface area contributed by atoms with E-state index in [1.165, 1.54) is 16.6 Å². The van der Waals surface area contributed by atoms with Crippen LogP contribution in [0, 0.1) is 13.8 Å². The highest BCUT2D eigenvalue weighted by atomic mass is 19.4. The Kier molecular flexibility index (Phi) is 5.18. The number of nitrogens with one attached hydrogen (secondary N) is 2. The monoisotopic (exact) mass is 472 g/mol. The Morgan fingerprint density at radius 1 is 1.15 bits per heavy atom. The van der Waals surface area contributed by atoms with Crippen molar-refractivity contribution >= 4 is 28.4 Å². The van der Waals surface area contributed by atoms with E-state index in [0.29, 0.717) is 30.0 Å². The molecule has 34 heavy (non-hydrogen) atoms. The fourth-order valence-electron chi connectivity index (χ4n) is 4.39. The lowest BCUT2D eigenvalue weighted by molar-refractivity contribution is -0.136. The van der Waals surface area contributed by atoms with Crippen molar-refractivity contribution in [3.63, 3.8) is 0 Å². The van der Waals surface area contributed by atoms with Crippen molar-refractivity contribution in [3.05, 3.63) is 35.2 Å². The molecule has 4 aromatic rings. The Morgan fingerprint density at radius 3 is 2.65 bits per heavy atom. The number of benzene rings is 1. The van der Waals surface area contributed by atoms with E-state index in [2.05, 4.69) is 30.8 Å². The fourth-order valence-corrected chi connectivity index (χ4v) is 4.39. The number of aromatic nitrogens is 6. The maximum Gasteiger partial charge on any atom is 0.418 e. The highest BCUT2D eigenvalue weighted by Gasteiger charge is 2.34. The maximum atomic E-state index is 13.8. The Bertz CT molecular complexity index is 1420. The summed E-state index contributed by atoms with van der Waals surface area (Å²) in [5.74, 6) is 0.123. The average molecular weight is 472 g/mol. The minimum absolute atomic E-state index is 0.0270. The number of hydrogen-bond acceptors (Lipinski definition) is 6. The summed E-state index contributed by atoms with van der Waals surface area (Å²) in [6, 6.07) is 3.20. The molecule has 1 saturated heterocycles. The molecule has 0 bridgehead atoms. The lowest BCUT2D eigenvalue weighted by Crippen LogP contribution is -2.38. The van der Waals surface area contributed by atoms with Gasteiger partial charge in [0.2, 0.25) is 11.9 Å². The minimum atomic E-state index is -4.61. The summed E-state index contributed by atoms with van der Waals surface area (Å²) < 4.78 is 44.5. The Morgan fingerprint density at radius 2 is 1.94 bits per heavy atom. The standard InChI is InChI=1S/C22H23F3N8O/c1-11-16(12(2)32(3)30-11)18-29-19-13-7-6-8-14(22(23,24)25)17(13)28-21(33(19)31-18)27-15-9-4-5-10-26-20(15)34/h6-8,15H,4-5,9-10H2,1-3H3,(H,26,34)(H,27,28)/t15-/m1/s1. The molecule has 3 aromatic heterocycles. The van der Waals surface area contributed by atoms with Gasteiger partial charge in [-0.05, 0) is 45.2 Å². The molecule has 1 aliphatic heterocycles. The number of para-hydroxylation sites is 1. The summed E-state index contributed by atoms with van der Waals surface area (Å²) in [5, 5.41) is 15.0. The van der Waals surface area contributed by atoms with E-state index >= 15 is 0 Å². The summed E-state index contributed by atoms with van der Waals surface area (Å²) in [4.78, 5) is 21.5. The molecule has 1 aliphatic rings. The molecule has 5 rings (SSSR count). The van der Waals surface area contributed by atoms with Crippen LogP contribution in [0.1, 0.15) is 36.2 Å². The van der Waals surface area contributed by atoms with E-state index in [9.17, 15) is 18.0 Å². The van der Waals surface area contributed by atoms with Crippen molar-refractivity contribution in [2.75, 3.05) is 11.9 Å². The van der Waals surface area contributed by atoms with Gasteiger partial charge in [0, 0.05) is 24.7 Å². The minimum Gasteiger partial charge on any atom is -0.354 e. The number of carbonyl (C=O) groups is 1. The third kappa shape index (κ3) is 3.62. The van der Waals surface area contributed by atoms with E-state index in [4.69, 9.17) is 0 Å². The second kappa shape index (κ2) is 7.96. The number of fused-ring (bicyclic) bond motifs is 3. The molecule has 1 fully saturated rings. The first-order valence-electron chi connectivity index (χ1n) is 11.0. The van der Waals surface area contributed by atoms with Crippen molar-refractivity contribution < 1.29 is 18.0 Å². The molecule has 0 radical (unpaired) electrons. The predicted octanol–water partition coefficient (Wildman–Crippen LogP) is 3.39. The van der Waals surface area contributed by atoms with Gasteiger partial charge in [-0.25, -0.2) is 9.97 Å². The first kappa shape index (κ1) is 22.1. The molecule has 1 amide bonds. The fraction of sp³-hybridized carbons (Fsp3) is 0.409. The summed E-state index contributed by atoms with van der Waals surface area (Å²) >= 11 is 0. The van der Waals surface area contributed by atoms with Crippen LogP contribution in [0.4, 0.5) is 19.1 Å². The molecule has 0 saturated carbocycles. The number of rotatable bonds is 3. The number of amides is 1. The number of aryl methyl sites for hydroxylation is 2. The number of nitrogens with zero attached hydrogens (tertiary/aromatic N) is 6. The van der Waals surface area contributed by atoms with Crippen molar-refractivity contribution in [2.45, 2.75) is 45.3 Å². The Balaban J connectivity index is 1.77. The normalized spacial score (nSPS) is 17.2. The van der Waals surface area contributed by atoms with Gasteiger partial charge in [-0.3, -0.25) is 9.48 Å². The molecule has 0 unspecified atom stereocenters. The van der Waals surface area contributed by atoms with Crippen molar-refractivity contribution in [3.8, 4) is 11.4 Å². The molecule has 9 nitrogen and oxygen atoms in total. The van der Waals surface area contributed by atoms with Gasteiger partial charge in [0.25, 0.3) is 0 Å². The van der Waals surface area contributed by atoms with Gasteiger partial charge in [-0.15, -0.1) is 5.10 Å². The SMILES string of the molecule is Cc1nn(C)c(C)c1-c1nc2c3cccc(C(F)(F)F)c3nc(N[C@@H]3CCCCNC3=O)n2n1. The maximum absolute atomic E-state index is 13.8. The molecular weight excluding hydrogens is 449 g/mol. The van der Waals surface area contributed by atoms with Gasteiger partial charge in [0.1, 0.15) is 6.04 Å². The average Bonchev–Trinajstić information content (AvgIpc) is 3.24. The molecule has 12 heteroatoms. The molecule has 4 heterocycles. The molecular formula is C22H23F3N8O. The van der Waals surface area contributed by atoms with Gasteiger partial charge in [-0.2, -0.15) is 22.8 Å². The zero-order valence-electron chi connectivity index (χ0n) is 18.9. The highest BCUT2D eigenvalue weighted by Crippen LogP contribution is 2.36. The lowest BCUT2D eigenvalue weighted by Gasteiger charge is -2.17. The zero-order chi connectivity index (χ0) is 24.2. The van der Waals surface area contributed by atoms with Crippen LogP contribution in [-0.2, 0) is 18.0 Å². The second-order valence-corrected chi connectivity index (χ2v) is 8.46. The largest absolute Gasteiger partial charge is 0.418 e. The van der Waals surface area contributed by atoms with E-state index in [1.807, 2.05) is 13.8 Å². The molecule has 0 aliphatic carbocycles. The van der Waals surface area contributed by atoms with Gasteiger partial charge in [0.15, 0.2) is 11.5 Å². The molecule has 1 atom stereocenters. The number of halogens is 3.